The van der Waals surface area contributed by atoms with Crippen molar-refractivity contribution in [2.45, 2.75) is 41.5 Å². The molecule has 2 aliphatic rings. The minimum atomic E-state index is 0.114. The number of benzene rings is 4. The Morgan fingerprint density at radius 3 is 1.55 bits per heavy atom. The summed E-state index contributed by atoms with van der Waals surface area (Å²) in [5.74, 6) is 14.2. The van der Waals surface area contributed by atoms with Gasteiger partial charge in [0.2, 0.25) is 0 Å². The summed E-state index contributed by atoms with van der Waals surface area (Å²) in [5.41, 5.74) is 22.6. The van der Waals surface area contributed by atoms with Crippen molar-refractivity contribution in [1.29, 1.82) is 0 Å². The largest absolute Gasteiger partial charge is 0.506 e. The Balaban J connectivity index is 1.34. The predicted molar refractivity (Wildman–Crippen MR) is 274 cm³/mol. The number of anilines is 1. The van der Waals surface area contributed by atoms with Crippen molar-refractivity contribution in [2.75, 3.05) is 19.0 Å². The number of aromatic amines is 2. The molecule has 0 spiro atoms. The van der Waals surface area contributed by atoms with Crippen molar-refractivity contribution in [2.24, 2.45) is 0 Å². The van der Waals surface area contributed by atoms with Gasteiger partial charge in [-0.1, -0.05) is 59.1 Å². The molecule has 10 rings (SSSR count). The van der Waals surface area contributed by atoms with E-state index in [1.807, 2.05) is 32.3 Å². The molecule has 0 unspecified atom stereocenters. The average Bonchev–Trinajstić information content (AvgIpc) is 4.14. The van der Waals surface area contributed by atoms with Crippen molar-refractivity contribution < 1.29 is 5.11 Å². The van der Waals surface area contributed by atoms with Gasteiger partial charge in [-0.3, -0.25) is 4.98 Å². The van der Waals surface area contributed by atoms with Crippen LogP contribution in [0.25, 0.3) is 79.5 Å². The first-order valence-electron chi connectivity index (χ1n) is 22.1. The number of rotatable bonds is 3. The first-order valence-corrected chi connectivity index (χ1v) is 22.1. The molecule has 8 bridgehead atoms. The minimum Gasteiger partial charge on any atom is -0.506 e. The maximum atomic E-state index is 10.7. The number of pyridine rings is 1. The van der Waals surface area contributed by atoms with Crippen LogP contribution in [0.15, 0.2) is 103 Å². The third-order valence-electron chi connectivity index (χ3n) is 12.4. The molecule has 0 saturated heterocycles. The third kappa shape index (κ3) is 7.61. The van der Waals surface area contributed by atoms with Gasteiger partial charge in [-0.25, -0.2) is 9.97 Å². The number of hydrogen-bond donors (Lipinski definition) is 3. The van der Waals surface area contributed by atoms with Gasteiger partial charge in [-0.15, -0.1) is 0 Å². The maximum Gasteiger partial charge on any atom is 0.141 e. The SMILES string of the molecule is Cc1cc(C)c(-c2c3nc(c(C#Cc4ccc(N(C)C)cc4)c4ccc([nH]4)c(-c4c(C)cc(C)cc4C)c4ccc([nH]4)c(C#Cc4ccc(O)c5ncccc45)c4nc2C=C4)C=C3)c(C)c1. The second-order valence-electron chi connectivity index (χ2n) is 17.5. The van der Waals surface area contributed by atoms with Crippen molar-refractivity contribution in [3.63, 3.8) is 0 Å². The lowest BCUT2D eigenvalue weighted by Gasteiger charge is -2.13. The zero-order valence-corrected chi connectivity index (χ0v) is 38.4. The van der Waals surface area contributed by atoms with E-state index in [0.717, 1.165) is 112 Å². The van der Waals surface area contributed by atoms with Crippen LogP contribution in [-0.2, 0) is 0 Å². The van der Waals surface area contributed by atoms with Crippen LogP contribution in [0.4, 0.5) is 5.69 Å². The molecule has 0 radical (unpaired) electrons. The van der Waals surface area contributed by atoms with E-state index < -0.39 is 0 Å². The molecule has 7 nitrogen and oxygen atoms in total. The highest BCUT2D eigenvalue weighted by Crippen LogP contribution is 2.39. The first-order chi connectivity index (χ1) is 31.9. The number of fused-ring (bicyclic) bond motifs is 9. The van der Waals surface area contributed by atoms with Crippen LogP contribution < -0.4 is 4.90 Å². The van der Waals surface area contributed by atoms with Crippen LogP contribution in [0.5, 0.6) is 5.75 Å². The number of phenolic OH excluding ortho intramolecular Hbond substituents is 1. The molecule has 8 aromatic rings. The van der Waals surface area contributed by atoms with Gasteiger partial charge in [0.15, 0.2) is 0 Å². The molecule has 4 aromatic heterocycles. The van der Waals surface area contributed by atoms with Gasteiger partial charge in [0.05, 0.1) is 44.9 Å². The molecule has 0 saturated carbocycles. The quantitative estimate of drug-likeness (QED) is 0.154. The molecule has 3 N–H and O–H groups in total. The lowest BCUT2D eigenvalue weighted by molar-refractivity contribution is 0.480. The number of H-pyrrole nitrogens is 2. The van der Waals surface area contributed by atoms with Crippen LogP contribution in [0.3, 0.4) is 0 Å². The number of phenols is 1. The van der Waals surface area contributed by atoms with Crippen molar-refractivity contribution in [1.82, 2.24) is 24.9 Å². The number of aryl methyl sites for hydroxylation is 6. The lowest BCUT2D eigenvalue weighted by Crippen LogP contribution is -2.07. The van der Waals surface area contributed by atoms with E-state index in [0.29, 0.717) is 5.52 Å². The minimum absolute atomic E-state index is 0.114. The zero-order valence-electron chi connectivity index (χ0n) is 38.4. The Hall–Kier alpha value is -8.39. The summed E-state index contributed by atoms with van der Waals surface area (Å²) in [6.07, 6.45) is 9.98. The molecule has 2 aliphatic heterocycles. The molecular weight excluding hydrogens is 809 g/mol. The van der Waals surface area contributed by atoms with E-state index in [-0.39, 0.29) is 5.75 Å². The average molecular weight is 857 g/mol. The van der Waals surface area contributed by atoms with E-state index in [9.17, 15) is 5.11 Å². The van der Waals surface area contributed by atoms with E-state index in [1.165, 1.54) is 22.3 Å². The molecule has 4 aromatic carbocycles. The number of hydrogen-bond acceptors (Lipinski definition) is 5. The van der Waals surface area contributed by atoms with Gasteiger partial charge in [0, 0.05) is 64.7 Å². The first kappa shape index (κ1) is 41.6. The standard InChI is InChI=1S/C59H48N6O/c1-34-30-36(3)55(37(4)31-34)57-50-24-20-46(61-50)44(18-13-40-11-16-42(17-12-40)65(7)8)47-21-25-51(62-47)58(56-38(5)32-35(2)33-39(56)6)53-27-23-49(64-53)45(48-22-26-52(57)63-48)19-14-41-15-28-54(66)59-43(41)10-9-29-60-59/h9-12,15-17,20-33,61,63,66H,1-8H3. The lowest BCUT2D eigenvalue weighted by atomic mass is 9.92. The smallest absolute Gasteiger partial charge is 0.141 e. The number of nitrogens with zero attached hydrogens (tertiary/aromatic N) is 4. The normalized spacial score (nSPS) is 11.6. The Labute approximate surface area is 385 Å². The van der Waals surface area contributed by atoms with E-state index in [1.54, 1.807) is 12.3 Å². The summed E-state index contributed by atoms with van der Waals surface area (Å²) in [6.45, 7) is 12.9. The molecule has 0 amide bonds. The van der Waals surface area contributed by atoms with E-state index in [2.05, 4.69) is 182 Å². The highest BCUT2D eigenvalue weighted by molar-refractivity contribution is 5.98. The second-order valence-corrected chi connectivity index (χ2v) is 17.5. The molecule has 320 valence electrons. The van der Waals surface area contributed by atoms with Crippen molar-refractivity contribution in [3.05, 3.63) is 182 Å². The topological polar surface area (TPSA) is 93.7 Å². The summed E-state index contributed by atoms with van der Waals surface area (Å²) in [4.78, 5) is 25.1. The Morgan fingerprint density at radius 1 is 0.500 bits per heavy atom. The highest BCUT2D eigenvalue weighted by Gasteiger charge is 2.21. The second kappa shape index (κ2) is 16.6. The summed E-state index contributed by atoms with van der Waals surface area (Å²) in [6, 6.07) is 33.0. The van der Waals surface area contributed by atoms with Crippen LogP contribution in [0.1, 0.15) is 78.4 Å². The Bertz CT molecular complexity index is 3660. The monoisotopic (exact) mass is 856 g/mol. The fourth-order valence-corrected chi connectivity index (χ4v) is 9.52. The molecular formula is C59H48N6O. The number of aromatic hydroxyl groups is 1. The van der Waals surface area contributed by atoms with Gasteiger partial charge < -0.3 is 20.0 Å². The molecule has 0 aliphatic carbocycles. The summed E-state index contributed by atoms with van der Waals surface area (Å²) in [7, 11) is 4.08. The van der Waals surface area contributed by atoms with E-state index >= 15 is 0 Å². The summed E-state index contributed by atoms with van der Waals surface area (Å²) in [5, 5.41) is 11.4. The number of aromatic nitrogens is 5. The van der Waals surface area contributed by atoms with Crippen LogP contribution >= 0.6 is 0 Å². The molecule has 7 heteroatoms. The number of nitrogens with one attached hydrogen (secondary N) is 2. The van der Waals surface area contributed by atoms with Gasteiger partial charge in [0.25, 0.3) is 0 Å². The Morgan fingerprint density at radius 2 is 1.00 bits per heavy atom. The molecule has 0 atom stereocenters. The molecule has 66 heavy (non-hydrogen) atoms. The van der Waals surface area contributed by atoms with Crippen LogP contribution in [-0.4, -0.2) is 44.1 Å². The highest BCUT2D eigenvalue weighted by atomic mass is 16.3. The maximum absolute atomic E-state index is 10.7. The third-order valence-corrected chi connectivity index (χ3v) is 12.4. The zero-order chi connectivity index (χ0) is 45.8. The van der Waals surface area contributed by atoms with Gasteiger partial charge in [0.1, 0.15) is 11.3 Å². The Kier molecular flexibility index (Phi) is 10.5. The van der Waals surface area contributed by atoms with Gasteiger partial charge in [-0.2, -0.15) is 0 Å². The van der Waals surface area contributed by atoms with E-state index in [4.69, 9.17) is 9.97 Å². The fraction of sp³-hybridized carbons (Fsp3) is 0.136. The van der Waals surface area contributed by atoms with Crippen molar-refractivity contribution >= 4 is 63.0 Å². The van der Waals surface area contributed by atoms with Crippen LogP contribution in [0.2, 0.25) is 0 Å². The summed E-state index contributed by atoms with van der Waals surface area (Å²) >= 11 is 0. The van der Waals surface area contributed by atoms with Crippen LogP contribution in [0, 0.1) is 65.2 Å². The molecule has 0 fully saturated rings. The van der Waals surface area contributed by atoms with Crippen molar-refractivity contribution in [3.8, 4) is 51.7 Å². The summed E-state index contributed by atoms with van der Waals surface area (Å²) < 4.78 is 0. The molecule has 6 heterocycles. The van der Waals surface area contributed by atoms with Gasteiger partial charge in [-0.05, 0) is 172 Å². The fourth-order valence-electron chi connectivity index (χ4n) is 9.52. The predicted octanol–water partition coefficient (Wildman–Crippen LogP) is 13.0. The van der Waals surface area contributed by atoms with Gasteiger partial charge >= 0.3 is 0 Å².